The maximum absolute atomic E-state index is 13.1. The smallest absolute Gasteiger partial charge is 0.462 e. The number of allylic oxidation sites excluding steroid dienone is 4. The Morgan fingerprint density at radius 2 is 0.442 bits per heavy atom. The predicted octanol–water partition coefficient (Wildman–Crippen LogP) is 25.7. The molecule has 0 saturated heterocycles. The number of carbonyl (C=O) groups is 4. The predicted molar refractivity (Wildman–Crippen MR) is 428 cm³/mol. The number of carbonyl (C=O) groups excluding carboxylic acids is 4. The lowest BCUT2D eigenvalue weighted by molar-refractivity contribution is -0.161. The first kappa shape index (κ1) is 102. The molecule has 0 radical (unpaired) electrons. The van der Waals surface area contributed by atoms with Gasteiger partial charge in [-0.15, -0.1) is 0 Å². The zero-order chi connectivity index (χ0) is 76.0. The Balaban J connectivity index is 5.30. The van der Waals surface area contributed by atoms with Crippen molar-refractivity contribution >= 4 is 39.5 Å². The fraction of sp³-hybridized carbons (Fsp3) is 0.906. The molecule has 17 nitrogen and oxygen atoms in total. The van der Waals surface area contributed by atoms with E-state index in [1.165, 1.54) is 238 Å². The summed E-state index contributed by atoms with van der Waals surface area (Å²) in [5.74, 6) is -2.13. The topological polar surface area (TPSA) is 237 Å². The van der Waals surface area contributed by atoms with E-state index >= 15 is 0 Å². The van der Waals surface area contributed by atoms with Gasteiger partial charge >= 0.3 is 39.5 Å². The first-order chi connectivity index (χ1) is 50.7. The number of phosphoric ester groups is 2. The maximum atomic E-state index is 13.1. The highest BCUT2D eigenvalue weighted by atomic mass is 31.2. The van der Waals surface area contributed by atoms with Gasteiger partial charge in [-0.25, -0.2) is 9.13 Å². The van der Waals surface area contributed by atoms with Crippen molar-refractivity contribution < 1.29 is 80.2 Å². The molecule has 0 spiro atoms. The van der Waals surface area contributed by atoms with Crippen molar-refractivity contribution in [1.29, 1.82) is 0 Å². The Hall–Kier alpha value is -2.46. The molecule has 0 aliphatic heterocycles. The summed E-state index contributed by atoms with van der Waals surface area (Å²) in [6.45, 7) is 5.00. The third kappa shape index (κ3) is 77.7. The zero-order valence-electron chi connectivity index (χ0n) is 67.5. The highest BCUT2D eigenvalue weighted by Crippen LogP contribution is 2.45. The molecule has 0 heterocycles. The molecule has 0 aliphatic carbocycles. The van der Waals surface area contributed by atoms with Crippen LogP contribution >= 0.6 is 15.6 Å². The van der Waals surface area contributed by atoms with Gasteiger partial charge in [-0.1, -0.05) is 360 Å². The van der Waals surface area contributed by atoms with E-state index in [-0.39, 0.29) is 25.7 Å². The van der Waals surface area contributed by atoms with Crippen LogP contribution in [-0.4, -0.2) is 96.7 Å². The van der Waals surface area contributed by atoms with Crippen LogP contribution in [0.4, 0.5) is 0 Å². The second-order valence-electron chi connectivity index (χ2n) is 29.8. The largest absolute Gasteiger partial charge is 0.472 e. The Labute approximate surface area is 637 Å². The van der Waals surface area contributed by atoms with Crippen LogP contribution in [0.5, 0.6) is 0 Å². The van der Waals surface area contributed by atoms with E-state index in [9.17, 15) is 43.2 Å². The molecule has 2 unspecified atom stereocenters. The summed E-state index contributed by atoms with van der Waals surface area (Å²) in [5, 5.41) is 10.7. The summed E-state index contributed by atoms with van der Waals surface area (Å²) in [6, 6.07) is 0. The van der Waals surface area contributed by atoms with Crippen LogP contribution in [0.2, 0.25) is 0 Å². The Morgan fingerprint density at radius 3 is 0.663 bits per heavy atom. The third-order valence-electron chi connectivity index (χ3n) is 19.4. The van der Waals surface area contributed by atoms with Crippen molar-refractivity contribution in [2.75, 3.05) is 39.6 Å². The van der Waals surface area contributed by atoms with Gasteiger partial charge in [0.1, 0.15) is 19.3 Å². The van der Waals surface area contributed by atoms with Crippen LogP contribution in [0.15, 0.2) is 24.3 Å². The van der Waals surface area contributed by atoms with E-state index in [0.29, 0.717) is 25.7 Å². The zero-order valence-corrected chi connectivity index (χ0v) is 69.3. The van der Waals surface area contributed by atoms with Crippen LogP contribution in [0.1, 0.15) is 439 Å². The molecule has 0 rings (SSSR count). The van der Waals surface area contributed by atoms with Gasteiger partial charge in [-0.05, 0) is 77.0 Å². The average Bonchev–Trinajstić information content (AvgIpc) is 0.909. The van der Waals surface area contributed by atoms with E-state index in [4.69, 9.17) is 37.0 Å². The molecule has 0 bridgehead atoms. The van der Waals surface area contributed by atoms with E-state index in [0.717, 1.165) is 122 Å². The SMILES string of the molecule is CCCCCCCC/C=C\CCCCCCCC(=O)OC[C@H](COP(=O)(O)OC[C@@H](O)COP(=O)(O)OC[C@@H](COC(=O)CCCCCCCCCCCCCCCCCCC)OC(=O)CCCCCCC/C=C\CCCCCCCC)OC(=O)CCCCCCCCCCCCCCCCCCC. The summed E-state index contributed by atoms with van der Waals surface area (Å²) in [5.41, 5.74) is 0. The van der Waals surface area contributed by atoms with E-state index in [2.05, 4.69) is 52.0 Å². The molecule has 0 saturated carbocycles. The Bertz CT molecular complexity index is 2060. The lowest BCUT2D eigenvalue weighted by atomic mass is 10.0. The second-order valence-corrected chi connectivity index (χ2v) is 32.8. The lowest BCUT2D eigenvalue weighted by Gasteiger charge is -2.21. The summed E-state index contributed by atoms with van der Waals surface area (Å²) in [7, 11) is -9.94. The Morgan fingerprint density at radius 1 is 0.260 bits per heavy atom. The van der Waals surface area contributed by atoms with Crippen molar-refractivity contribution in [2.24, 2.45) is 0 Å². The summed E-state index contributed by atoms with van der Waals surface area (Å²) < 4.78 is 68.9. The van der Waals surface area contributed by atoms with Gasteiger partial charge in [-0.2, -0.15) is 0 Å². The third-order valence-corrected chi connectivity index (χ3v) is 21.3. The maximum Gasteiger partial charge on any atom is 0.472 e. The van der Waals surface area contributed by atoms with Crippen LogP contribution in [0, 0.1) is 0 Å². The van der Waals surface area contributed by atoms with E-state index < -0.39 is 97.5 Å². The van der Waals surface area contributed by atoms with Gasteiger partial charge in [0.2, 0.25) is 0 Å². The van der Waals surface area contributed by atoms with Gasteiger partial charge in [0.05, 0.1) is 26.4 Å². The quantitative estimate of drug-likeness (QED) is 0.0169. The first-order valence-electron chi connectivity index (χ1n) is 43.6. The van der Waals surface area contributed by atoms with E-state index in [1.807, 2.05) is 0 Å². The molecular weight excluding hydrogens is 1350 g/mol. The van der Waals surface area contributed by atoms with Crippen LogP contribution in [0.3, 0.4) is 0 Å². The van der Waals surface area contributed by atoms with Crippen molar-refractivity contribution in [3.8, 4) is 0 Å². The molecule has 104 heavy (non-hydrogen) atoms. The molecule has 0 amide bonds. The van der Waals surface area contributed by atoms with Gasteiger partial charge in [-0.3, -0.25) is 37.3 Å². The Kier molecular flexibility index (Phi) is 76.8. The van der Waals surface area contributed by atoms with Crippen molar-refractivity contribution in [3.05, 3.63) is 24.3 Å². The minimum absolute atomic E-state index is 0.0942. The monoisotopic (exact) mass is 1520 g/mol. The van der Waals surface area contributed by atoms with Crippen LogP contribution in [0.25, 0.3) is 0 Å². The van der Waals surface area contributed by atoms with Crippen molar-refractivity contribution in [2.45, 2.75) is 457 Å². The first-order valence-corrected chi connectivity index (χ1v) is 46.6. The standard InChI is InChI=1S/C85H162O17P2/c1-5-9-13-17-21-25-29-33-37-39-43-46-50-54-58-62-66-70-83(88)96-76-80(101-84(89)71-67-63-59-55-51-47-42-36-32-28-24-20-16-12-8-4)77-99-103(91,92)97-73-79(86)74-98-104(93,94)100-78-81(75-95-82(87)69-65-61-57-53-49-45-41-35-31-27-23-19-15-11-7-3)102-85(90)72-68-64-60-56-52-48-44-40-38-34-30-26-22-18-14-10-6-2/h35-36,41-42,79-81,86H,5-34,37-40,43-78H2,1-4H3,(H,91,92)(H,93,94)/b41-35-,42-36-/t79-,80+,81+/m0/s1. The number of rotatable bonds is 84. The number of ether oxygens (including phenoxy) is 4. The van der Waals surface area contributed by atoms with Crippen LogP contribution in [-0.2, 0) is 65.4 Å². The van der Waals surface area contributed by atoms with Gasteiger partial charge < -0.3 is 33.8 Å². The number of hydrogen-bond donors (Lipinski definition) is 3. The molecule has 0 aromatic heterocycles. The second kappa shape index (κ2) is 78.7. The van der Waals surface area contributed by atoms with Crippen molar-refractivity contribution in [3.63, 3.8) is 0 Å². The molecular formula is C85H162O17P2. The number of aliphatic hydroxyl groups is 1. The normalized spacial score (nSPS) is 13.9. The molecule has 0 fully saturated rings. The number of phosphoric acid groups is 2. The van der Waals surface area contributed by atoms with E-state index in [1.54, 1.807) is 0 Å². The number of hydrogen-bond acceptors (Lipinski definition) is 15. The number of aliphatic hydroxyl groups excluding tert-OH is 1. The minimum atomic E-state index is -4.97. The highest BCUT2D eigenvalue weighted by Gasteiger charge is 2.30. The fourth-order valence-corrected chi connectivity index (χ4v) is 14.3. The lowest BCUT2D eigenvalue weighted by Crippen LogP contribution is -2.30. The number of esters is 4. The molecule has 0 aromatic rings. The highest BCUT2D eigenvalue weighted by molar-refractivity contribution is 7.47. The van der Waals surface area contributed by atoms with Gasteiger partial charge in [0.15, 0.2) is 12.2 Å². The molecule has 614 valence electrons. The molecule has 19 heteroatoms. The van der Waals surface area contributed by atoms with Gasteiger partial charge in [0, 0.05) is 25.7 Å². The molecule has 0 aromatic carbocycles. The average molecular weight is 1520 g/mol. The number of unbranched alkanes of at least 4 members (excludes halogenated alkanes) is 54. The molecule has 3 N–H and O–H groups in total. The van der Waals surface area contributed by atoms with Crippen molar-refractivity contribution in [1.82, 2.24) is 0 Å². The summed E-state index contributed by atoms with van der Waals surface area (Å²) in [6.07, 6.45) is 75.6. The minimum Gasteiger partial charge on any atom is -0.462 e. The molecule has 5 atom stereocenters. The summed E-state index contributed by atoms with van der Waals surface area (Å²) in [4.78, 5) is 73.2. The van der Waals surface area contributed by atoms with Crippen LogP contribution < -0.4 is 0 Å². The molecule has 0 aliphatic rings. The summed E-state index contributed by atoms with van der Waals surface area (Å²) >= 11 is 0. The van der Waals surface area contributed by atoms with Gasteiger partial charge in [0.25, 0.3) is 0 Å². The fourth-order valence-electron chi connectivity index (χ4n) is 12.7.